The van der Waals surface area contributed by atoms with Crippen LogP contribution in [0, 0.1) is 17.6 Å². The zero-order valence-corrected chi connectivity index (χ0v) is 18.9. The summed E-state index contributed by atoms with van der Waals surface area (Å²) in [5.41, 5.74) is 0.749. The van der Waals surface area contributed by atoms with Gasteiger partial charge >= 0.3 is 0 Å². The molecule has 27 heavy (non-hydrogen) atoms. The van der Waals surface area contributed by atoms with E-state index in [-0.39, 0.29) is 24.0 Å². The van der Waals surface area contributed by atoms with E-state index in [9.17, 15) is 8.78 Å². The Hall–Kier alpha value is -0.770. The fourth-order valence-corrected chi connectivity index (χ4v) is 4.68. The van der Waals surface area contributed by atoms with Gasteiger partial charge in [0.1, 0.15) is 0 Å². The number of thioether (sulfide) groups is 1. The number of anilines is 1. The number of nitrogens with zero attached hydrogens (tertiary/aromatic N) is 2. The summed E-state index contributed by atoms with van der Waals surface area (Å²) in [5, 5.41) is 7.46. The molecule has 0 aliphatic carbocycles. The molecule has 0 amide bonds. The SMILES string of the molecule is CCNC(=NCC1CCN(c2ccc(F)c(F)c2)C1)NCC1CCCS1.I. The third kappa shape index (κ3) is 6.66. The molecule has 4 nitrogen and oxygen atoms in total. The highest BCUT2D eigenvalue weighted by molar-refractivity contribution is 14.0. The molecule has 2 unspecified atom stereocenters. The van der Waals surface area contributed by atoms with Crippen LogP contribution in [-0.4, -0.2) is 49.7 Å². The van der Waals surface area contributed by atoms with Crippen molar-refractivity contribution in [1.29, 1.82) is 0 Å². The third-order valence-electron chi connectivity index (χ3n) is 4.93. The Bertz CT molecular complexity index is 626. The smallest absolute Gasteiger partial charge is 0.191 e. The normalized spacial score (nSPS) is 22.6. The van der Waals surface area contributed by atoms with E-state index in [1.165, 1.54) is 30.7 Å². The van der Waals surface area contributed by atoms with Crippen LogP contribution in [0.25, 0.3) is 0 Å². The number of nitrogens with one attached hydrogen (secondary N) is 2. The highest BCUT2D eigenvalue weighted by Gasteiger charge is 2.23. The first-order valence-electron chi connectivity index (χ1n) is 9.49. The van der Waals surface area contributed by atoms with Crippen LogP contribution in [-0.2, 0) is 0 Å². The number of aliphatic imine (C=N–C) groups is 1. The summed E-state index contributed by atoms with van der Waals surface area (Å²) in [6, 6.07) is 4.13. The number of rotatable bonds is 6. The highest BCUT2D eigenvalue weighted by Crippen LogP contribution is 2.26. The van der Waals surface area contributed by atoms with Gasteiger partial charge in [-0.1, -0.05) is 0 Å². The van der Waals surface area contributed by atoms with Gasteiger partial charge in [0.05, 0.1) is 0 Å². The molecule has 0 radical (unpaired) electrons. The zero-order valence-electron chi connectivity index (χ0n) is 15.7. The first kappa shape index (κ1) is 22.5. The molecule has 0 aromatic heterocycles. The molecule has 1 aromatic carbocycles. The van der Waals surface area contributed by atoms with E-state index < -0.39 is 11.6 Å². The lowest BCUT2D eigenvalue weighted by atomic mass is 10.1. The van der Waals surface area contributed by atoms with Crippen molar-refractivity contribution in [3.8, 4) is 0 Å². The summed E-state index contributed by atoms with van der Waals surface area (Å²) >= 11 is 2.04. The Morgan fingerprint density at radius 1 is 1.26 bits per heavy atom. The average Bonchev–Trinajstić information content (AvgIpc) is 3.31. The van der Waals surface area contributed by atoms with E-state index in [0.29, 0.717) is 11.2 Å². The number of halogens is 3. The number of hydrogen-bond acceptors (Lipinski definition) is 3. The molecule has 2 fully saturated rings. The molecule has 152 valence electrons. The minimum absolute atomic E-state index is 0. The van der Waals surface area contributed by atoms with Gasteiger partial charge in [0, 0.05) is 49.7 Å². The highest BCUT2D eigenvalue weighted by atomic mass is 127. The Labute approximate surface area is 182 Å². The van der Waals surface area contributed by atoms with Gasteiger partial charge in [-0.2, -0.15) is 11.8 Å². The van der Waals surface area contributed by atoms with Gasteiger partial charge < -0.3 is 15.5 Å². The monoisotopic (exact) mass is 510 g/mol. The van der Waals surface area contributed by atoms with Crippen LogP contribution in [0.4, 0.5) is 14.5 Å². The van der Waals surface area contributed by atoms with Crippen molar-refractivity contribution in [1.82, 2.24) is 10.6 Å². The van der Waals surface area contributed by atoms with Crippen molar-refractivity contribution >= 4 is 47.4 Å². The summed E-state index contributed by atoms with van der Waals surface area (Å²) in [6.07, 6.45) is 3.61. The lowest BCUT2D eigenvalue weighted by Gasteiger charge is -2.19. The molecule has 8 heteroatoms. The van der Waals surface area contributed by atoms with Crippen LogP contribution >= 0.6 is 35.7 Å². The maximum absolute atomic E-state index is 13.4. The molecule has 0 bridgehead atoms. The quantitative estimate of drug-likeness (QED) is 0.347. The van der Waals surface area contributed by atoms with Gasteiger partial charge in [-0.3, -0.25) is 4.99 Å². The van der Waals surface area contributed by atoms with Crippen molar-refractivity contribution in [3.63, 3.8) is 0 Å². The van der Waals surface area contributed by atoms with Crippen LogP contribution in [0.5, 0.6) is 0 Å². The fourth-order valence-electron chi connectivity index (χ4n) is 3.48. The molecule has 2 aliphatic heterocycles. The van der Waals surface area contributed by atoms with E-state index in [1.54, 1.807) is 6.07 Å². The first-order chi connectivity index (χ1) is 12.7. The number of hydrogen-bond donors (Lipinski definition) is 2. The molecule has 3 rings (SSSR count). The Balaban J connectivity index is 0.00000261. The zero-order chi connectivity index (χ0) is 18.4. The van der Waals surface area contributed by atoms with Crippen molar-refractivity contribution in [3.05, 3.63) is 29.8 Å². The predicted octanol–water partition coefficient (Wildman–Crippen LogP) is 3.86. The van der Waals surface area contributed by atoms with Gasteiger partial charge in [-0.15, -0.1) is 24.0 Å². The molecule has 2 N–H and O–H groups in total. The van der Waals surface area contributed by atoms with Crippen LogP contribution in [0.2, 0.25) is 0 Å². The van der Waals surface area contributed by atoms with Crippen LogP contribution in [0.15, 0.2) is 23.2 Å². The standard InChI is InChI=1S/C19H28F2N4S.HI/c1-2-22-19(24-12-16-4-3-9-26-16)23-11-14-7-8-25(13-14)15-5-6-17(20)18(21)10-15;/h5-6,10,14,16H,2-4,7-9,11-13H2,1H3,(H2,22,23,24);1H. The van der Waals surface area contributed by atoms with E-state index in [2.05, 4.69) is 22.5 Å². The number of guanidine groups is 1. The van der Waals surface area contributed by atoms with E-state index >= 15 is 0 Å². The predicted molar refractivity (Wildman–Crippen MR) is 122 cm³/mol. The van der Waals surface area contributed by atoms with Gasteiger partial charge in [-0.25, -0.2) is 8.78 Å². The fraction of sp³-hybridized carbons (Fsp3) is 0.632. The Kier molecular flexibility index (Phi) is 9.41. The van der Waals surface area contributed by atoms with E-state index in [4.69, 9.17) is 4.99 Å². The summed E-state index contributed by atoms with van der Waals surface area (Å²) in [4.78, 5) is 6.85. The molecule has 1 aromatic rings. The molecular weight excluding hydrogens is 481 g/mol. The minimum atomic E-state index is -0.795. The largest absolute Gasteiger partial charge is 0.371 e. The molecular formula is C19H29F2IN4S. The van der Waals surface area contributed by atoms with Crippen molar-refractivity contribution in [2.75, 3.05) is 43.4 Å². The van der Waals surface area contributed by atoms with Gasteiger partial charge in [-0.05, 0) is 50.0 Å². The summed E-state index contributed by atoms with van der Waals surface area (Å²) in [5.74, 6) is 0.996. The number of benzene rings is 1. The maximum Gasteiger partial charge on any atom is 0.191 e. The molecule has 0 spiro atoms. The second kappa shape index (κ2) is 11.3. The van der Waals surface area contributed by atoms with Gasteiger partial charge in [0.2, 0.25) is 0 Å². The summed E-state index contributed by atoms with van der Waals surface area (Å²) in [7, 11) is 0. The van der Waals surface area contributed by atoms with Crippen LogP contribution < -0.4 is 15.5 Å². The lowest BCUT2D eigenvalue weighted by Crippen LogP contribution is -2.40. The average molecular weight is 510 g/mol. The lowest BCUT2D eigenvalue weighted by molar-refractivity contribution is 0.508. The maximum atomic E-state index is 13.4. The molecule has 0 saturated carbocycles. The van der Waals surface area contributed by atoms with Crippen molar-refractivity contribution in [2.24, 2.45) is 10.9 Å². The van der Waals surface area contributed by atoms with Crippen molar-refractivity contribution < 1.29 is 8.78 Å². The second-order valence-corrected chi connectivity index (χ2v) is 8.34. The second-order valence-electron chi connectivity index (χ2n) is 6.93. The third-order valence-corrected chi connectivity index (χ3v) is 6.33. The van der Waals surface area contributed by atoms with Crippen LogP contribution in [0.1, 0.15) is 26.2 Å². The summed E-state index contributed by atoms with van der Waals surface area (Å²) in [6.45, 7) is 6.30. The summed E-state index contributed by atoms with van der Waals surface area (Å²) < 4.78 is 26.5. The minimum Gasteiger partial charge on any atom is -0.371 e. The van der Waals surface area contributed by atoms with E-state index in [1.807, 2.05) is 11.8 Å². The molecule has 2 heterocycles. The van der Waals surface area contributed by atoms with Gasteiger partial charge in [0.15, 0.2) is 17.6 Å². The Morgan fingerprint density at radius 2 is 2.11 bits per heavy atom. The molecule has 2 saturated heterocycles. The Morgan fingerprint density at radius 3 is 2.81 bits per heavy atom. The molecule has 2 atom stereocenters. The van der Waals surface area contributed by atoms with Crippen molar-refractivity contribution in [2.45, 2.75) is 31.4 Å². The topological polar surface area (TPSA) is 39.7 Å². The molecule has 2 aliphatic rings. The first-order valence-corrected chi connectivity index (χ1v) is 10.5. The van der Waals surface area contributed by atoms with Gasteiger partial charge in [0.25, 0.3) is 0 Å². The van der Waals surface area contributed by atoms with Crippen LogP contribution in [0.3, 0.4) is 0 Å². The van der Waals surface area contributed by atoms with E-state index in [0.717, 1.165) is 50.8 Å².